The molecule has 4 heterocycles. The van der Waals surface area contributed by atoms with E-state index in [1.807, 2.05) is 25.5 Å². The van der Waals surface area contributed by atoms with Gasteiger partial charge in [0.2, 0.25) is 0 Å². The molecule has 0 saturated heterocycles. The summed E-state index contributed by atoms with van der Waals surface area (Å²) in [5, 5.41) is 6.95. The predicted octanol–water partition coefficient (Wildman–Crippen LogP) is 3.40. The number of aromatic amines is 1. The van der Waals surface area contributed by atoms with Gasteiger partial charge in [0.05, 0.1) is 17.6 Å². The summed E-state index contributed by atoms with van der Waals surface area (Å²) in [6, 6.07) is 2.05. The summed E-state index contributed by atoms with van der Waals surface area (Å²) < 4.78 is 0. The van der Waals surface area contributed by atoms with Crippen molar-refractivity contribution < 1.29 is 29.6 Å². The molecule has 5 nitrogen and oxygen atoms in total. The maximum absolute atomic E-state index is 4.80. The summed E-state index contributed by atoms with van der Waals surface area (Å²) in [5.74, 6) is 0. The van der Waals surface area contributed by atoms with Crippen LogP contribution in [-0.4, -0.2) is 25.1 Å². The Morgan fingerprint density at radius 1 is 1.13 bits per heavy atom. The topological polar surface area (TPSA) is 67.3 Å². The van der Waals surface area contributed by atoms with Gasteiger partial charge in [0.15, 0.2) is 0 Å². The number of thiazole rings is 1. The van der Waals surface area contributed by atoms with Crippen LogP contribution in [-0.2, 0) is 0 Å². The smallest absolute Gasteiger partial charge is 0.385 e. The molecule has 4 aromatic rings. The number of aromatic nitrogens is 5. The van der Waals surface area contributed by atoms with Gasteiger partial charge in [0.25, 0.3) is 0 Å². The number of nitrogens with zero attached hydrogens (tertiary/aromatic N) is 4. The van der Waals surface area contributed by atoms with Crippen molar-refractivity contribution in [1.29, 1.82) is 0 Å². The number of rotatable bonds is 4. The number of aryl methyl sites for hydroxylation is 1. The molecule has 4 aromatic heterocycles. The van der Waals surface area contributed by atoms with E-state index in [1.54, 1.807) is 0 Å². The van der Waals surface area contributed by atoms with E-state index >= 15 is 0 Å². The Bertz CT molecular complexity index is 1120. The van der Waals surface area contributed by atoms with Crippen molar-refractivity contribution in [3.05, 3.63) is 52.9 Å². The summed E-state index contributed by atoms with van der Waals surface area (Å²) in [6.45, 7) is 10.5. The molecule has 0 aliphatic carbocycles. The molecule has 0 amide bonds. The van der Waals surface area contributed by atoms with E-state index in [0.717, 1.165) is 56.0 Å². The summed E-state index contributed by atoms with van der Waals surface area (Å²) in [4.78, 5) is 14.7. The average Bonchev–Trinajstić information content (AvgIpc) is 3.38. The second kappa shape index (κ2) is 11.5. The Kier molecular flexibility index (Phi) is 9.37. The number of H-pyrrole nitrogens is 1. The van der Waals surface area contributed by atoms with Crippen LogP contribution < -0.4 is 29.6 Å². The zero-order valence-corrected chi connectivity index (χ0v) is 21.4. The zero-order valence-electron chi connectivity index (χ0n) is 18.6. The number of fused-ring (bicyclic) bond motifs is 1. The fourth-order valence-corrected chi connectivity index (χ4v) is 3.61. The summed E-state index contributed by atoms with van der Waals surface area (Å²) in [7, 11) is 0. The number of nitrogens with one attached hydrogen (secondary N) is 1. The molecule has 1 N–H and O–H groups in total. The number of hydrogen-bond acceptors (Lipinski definition) is 5. The Balaban J connectivity index is 0.000000757. The van der Waals surface area contributed by atoms with Crippen LogP contribution in [0.1, 0.15) is 50.3 Å². The molecule has 0 aromatic carbocycles. The van der Waals surface area contributed by atoms with E-state index in [9.17, 15) is 0 Å². The van der Waals surface area contributed by atoms with Crippen LogP contribution in [0.3, 0.4) is 0 Å². The van der Waals surface area contributed by atoms with Crippen molar-refractivity contribution in [2.24, 2.45) is 0 Å². The van der Waals surface area contributed by atoms with E-state index in [4.69, 9.17) is 9.97 Å². The van der Waals surface area contributed by atoms with Gasteiger partial charge in [-0.3, -0.25) is 21.4 Å². The molecule has 0 radical (unpaired) electrons. The monoisotopic (exact) mass is 427 g/mol. The average molecular weight is 428 g/mol. The Morgan fingerprint density at radius 2 is 1.90 bits per heavy atom. The SMILES string of the molecule is CC/C=C\c1c(-c2cn[nH]c2)cnc(-c2nc3s[c-]nc3cc2C)c1C.CCC.[Na+]. The Labute approximate surface area is 204 Å². The molecule has 4 rings (SSSR count). The number of allylic oxidation sites excluding steroid dienone is 1. The molecular formula is C23H26N5NaS. The first-order valence-corrected chi connectivity index (χ1v) is 10.7. The first-order chi connectivity index (χ1) is 14.1. The van der Waals surface area contributed by atoms with Gasteiger partial charge in [-0.05, 0) is 47.3 Å². The van der Waals surface area contributed by atoms with Crippen LogP contribution in [0.25, 0.3) is 38.9 Å². The quantitative estimate of drug-likeness (QED) is 0.400. The van der Waals surface area contributed by atoms with Crippen LogP contribution in [0.4, 0.5) is 0 Å². The van der Waals surface area contributed by atoms with Crippen molar-refractivity contribution in [2.45, 2.75) is 47.5 Å². The molecule has 0 saturated carbocycles. The molecule has 0 aliphatic heterocycles. The Hall–Kier alpha value is -1.86. The molecule has 0 spiro atoms. The van der Waals surface area contributed by atoms with E-state index in [2.05, 4.69) is 66.6 Å². The first-order valence-electron chi connectivity index (χ1n) is 9.90. The van der Waals surface area contributed by atoms with Crippen LogP contribution in [0.15, 0.2) is 30.7 Å². The molecular weight excluding hydrogens is 401 g/mol. The van der Waals surface area contributed by atoms with Gasteiger partial charge >= 0.3 is 29.6 Å². The molecule has 0 aliphatic rings. The summed E-state index contributed by atoms with van der Waals surface area (Å²) >= 11 is 1.43. The van der Waals surface area contributed by atoms with Crippen LogP contribution in [0.2, 0.25) is 0 Å². The molecule has 0 unspecified atom stereocenters. The summed E-state index contributed by atoms with van der Waals surface area (Å²) in [6.07, 6.45) is 12.2. The molecule has 0 atom stereocenters. The fourth-order valence-electron chi connectivity index (χ4n) is 3.03. The molecule has 150 valence electrons. The van der Waals surface area contributed by atoms with E-state index < -0.39 is 0 Å². The van der Waals surface area contributed by atoms with Crippen molar-refractivity contribution >= 4 is 27.8 Å². The van der Waals surface area contributed by atoms with Crippen molar-refractivity contribution in [3.8, 4) is 22.5 Å². The van der Waals surface area contributed by atoms with Crippen molar-refractivity contribution in [1.82, 2.24) is 25.1 Å². The molecule has 0 bridgehead atoms. The number of pyridine rings is 2. The van der Waals surface area contributed by atoms with Gasteiger partial charge in [-0.25, -0.2) is 0 Å². The molecule has 0 fully saturated rings. The minimum atomic E-state index is 0. The molecule has 30 heavy (non-hydrogen) atoms. The van der Waals surface area contributed by atoms with Gasteiger partial charge < -0.3 is 9.97 Å². The minimum Gasteiger partial charge on any atom is -0.385 e. The van der Waals surface area contributed by atoms with Gasteiger partial charge in [-0.1, -0.05) is 50.9 Å². The van der Waals surface area contributed by atoms with E-state index in [0.29, 0.717) is 0 Å². The first kappa shape index (κ1) is 24.4. The van der Waals surface area contributed by atoms with Gasteiger partial charge in [0, 0.05) is 23.5 Å². The van der Waals surface area contributed by atoms with Crippen LogP contribution in [0.5, 0.6) is 0 Å². The third-order valence-electron chi connectivity index (χ3n) is 4.39. The van der Waals surface area contributed by atoms with E-state index in [-0.39, 0.29) is 29.6 Å². The van der Waals surface area contributed by atoms with Gasteiger partial charge in [-0.15, -0.1) is 0 Å². The number of hydrogen-bond donors (Lipinski definition) is 1. The maximum Gasteiger partial charge on any atom is 1.00 e. The maximum atomic E-state index is 4.80. The third-order valence-corrected chi connectivity index (χ3v) is 5.07. The van der Waals surface area contributed by atoms with Gasteiger partial charge in [0.1, 0.15) is 0 Å². The largest absolute Gasteiger partial charge is 1.00 e. The van der Waals surface area contributed by atoms with Crippen molar-refractivity contribution in [3.63, 3.8) is 0 Å². The van der Waals surface area contributed by atoms with Crippen molar-refractivity contribution in [2.75, 3.05) is 0 Å². The van der Waals surface area contributed by atoms with Gasteiger partial charge in [-0.2, -0.15) is 5.10 Å². The predicted molar refractivity (Wildman–Crippen MR) is 122 cm³/mol. The second-order valence-electron chi connectivity index (χ2n) is 6.85. The van der Waals surface area contributed by atoms with E-state index in [1.165, 1.54) is 17.8 Å². The van der Waals surface area contributed by atoms with Crippen LogP contribution in [0, 0.1) is 19.4 Å². The normalized spacial score (nSPS) is 10.7. The molecule has 7 heteroatoms. The van der Waals surface area contributed by atoms with Crippen LogP contribution >= 0.6 is 11.3 Å². The third kappa shape index (κ3) is 5.24. The fraction of sp³-hybridized carbons (Fsp3) is 0.304. The standard InChI is InChI=1S/C20H18N5S.C3H8.Na/c1-4-5-6-15-13(3)19(21-10-16(15)14-8-23-24-9-14)18-12(2)7-17-20(25-18)26-11-22-17;1-3-2;/h5-10H,4H2,1-3H3,(H,23,24);3H2,1-2H3;/q-1;;+1/b6-5-;;. The zero-order chi connectivity index (χ0) is 20.8. The second-order valence-corrected chi connectivity index (χ2v) is 7.62. The minimum absolute atomic E-state index is 0. The summed E-state index contributed by atoms with van der Waals surface area (Å²) in [5.41, 5.74) is 11.0. The Morgan fingerprint density at radius 3 is 2.57 bits per heavy atom.